The third-order valence-corrected chi connectivity index (χ3v) is 5.35. The molecule has 0 aromatic heterocycles. The molecule has 0 unspecified atom stereocenters. The van der Waals surface area contributed by atoms with Crippen molar-refractivity contribution >= 4 is 23.2 Å². The molecule has 0 spiro atoms. The van der Waals surface area contributed by atoms with Gasteiger partial charge >= 0.3 is 0 Å². The maximum Gasteiger partial charge on any atom is 0.253 e. The molecule has 1 saturated carbocycles. The molecule has 2 aliphatic rings. The van der Waals surface area contributed by atoms with Gasteiger partial charge in [0.1, 0.15) is 0 Å². The molecule has 1 saturated heterocycles. The Bertz CT molecular complexity index is 645. The van der Waals surface area contributed by atoms with E-state index in [0.29, 0.717) is 18.0 Å². The number of nitrogens with zero attached hydrogens (tertiary/aromatic N) is 1. The normalized spacial score (nSPS) is 17.7. The molecule has 26 heavy (non-hydrogen) atoms. The highest BCUT2D eigenvalue weighted by molar-refractivity contribution is 6.02. The third kappa shape index (κ3) is 4.57. The number of benzene rings is 1. The zero-order valence-corrected chi connectivity index (χ0v) is 16.0. The van der Waals surface area contributed by atoms with Crippen molar-refractivity contribution in [2.45, 2.75) is 52.4 Å². The number of rotatable bonds is 6. The summed E-state index contributed by atoms with van der Waals surface area (Å²) in [7, 11) is 0. The quantitative estimate of drug-likeness (QED) is 0.814. The molecule has 0 radical (unpaired) electrons. The first kappa shape index (κ1) is 18.7. The van der Waals surface area contributed by atoms with Gasteiger partial charge in [0.25, 0.3) is 5.91 Å². The van der Waals surface area contributed by atoms with Crippen LogP contribution in [0.4, 0.5) is 11.4 Å². The minimum absolute atomic E-state index is 0.0578. The minimum atomic E-state index is -0.0578. The monoisotopic (exact) mass is 357 g/mol. The van der Waals surface area contributed by atoms with Crippen LogP contribution >= 0.6 is 0 Å². The van der Waals surface area contributed by atoms with Crippen molar-refractivity contribution in [2.75, 3.05) is 29.9 Å². The largest absolute Gasteiger partial charge is 0.371 e. The Morgan fingerprint density at radius 1 is 1.12 bits per heavy atom. The molecule has 2 fully saturated rings. The Morgan fingerprint density at radius 2 is 1.81 bits per heavy atom. The van der Waals surface area contributed by atoms with E-state index in [-0.39, 0.29) is 17.7 Å². The Morgan fingerprint density at radius 3 is 2.46 bits per heavy atom. The first-order valence-electron chi connectivity index (χ1n) is 10.0. The predicted octanol–water partition coefficient (Wildman–Crippen LogP) is 3.80. The molecular formula is C21H31N3O2. The molecule has 2 N–H and O–H groups in total. The van der Waals surface area contributed by atoms with Crippen LogP contribution in [0.3, 0.4) is 0 Å². The average molecular weight is 357 g/mol. The summed E-state index contributed by atoms with van der Waals surface area (Å²) in [6.07, 6.45) is 6.53. The molecule has 0 atom stereocenters. The molecule has 1 aromatic carbocycles. The van der Waals surface area contributed by atoms with Gasteiger partial charge in [0.05, 0.1) is 5.56 Å². The molecule has 2 amide bonds. The van der Waals surface area contributed by atoms with E-state index in [1.54, 1.807) is 0 Å². The highest BCUT2D eigenvalue weighted by atomic mass is 16.2. The van der Waals surface area contributed by atoms with Gasteiger partial charge in [0.15, 0.2) is 0 Å². The van der Waals surface area contributed by atoms with Crippen molar-refractivity contribution in [1.82, 2.24) is 5.32 Å². The number of carbonyl (C=O) groups excluding carboxylic acids is 2. The zero-order valence-electron chi connectivity index (χ0n) is 16.0. The van der Waals surface area contributed by atoms with Gasteiger partial charge in [-0.2, -0.15) is 0 Å². The van der Waals surface area contributed by atoms with E-state index in [2.05, 4.69) is 29.4 Å². The molecule has 142 valence electrons. The van der Waals surface area contributed by atoms with Crippen molar-refractivity contribution in [3.05, 3.63) is 23.8 Å². The number of hydrogen-bond donors (Lipinski definition) is 2. The van der Waals surface area contributed by atoms with Crippen LogP contribution < -0.4 is 15.5 Å². The van der Waals surface area contributed by atoms with Crippen LogP contribution in [-0.2, 0) is 4.79 Å². The SMILES string of the molecule is CC(C)CNC(=O)c1cc(NC(=O)C2CCCC2)ccc1N1CCCC1. The van der Waals surface area contributed by atoms with Crippen LogP contribution in [0.25, 0.3) is 0 Å². The first-order valence-corrected chi connectivity index (χ1v) is 10.0. The summed E-state index contributed by atoms with van der Waals surface area (Å²) in [5, 5.41) is 6.04. The fraction of sp³-hybridized carbons (Fsp3) is 0.619. The van der Waals surface area contributed by atoms with Crippen molar-refractivity contribution in [2.24, 2.45) is 11.8 Å². The van der Waals surface area contributed by atoms with Crippen LogP contribution in [-0.4, -0.2) is 31.4 Å². The number of carbonyl (C=O) groups is 2. The van der Waals surface area contributed by atoms with Gasteiger partial charge in [0, 0.05) is 36.9 Å². The first-order chi connectivity index (χ1) is 12.5. The lowest BCUT2D eigenvalue weighted by molar-refractivity contribution is -0.119. The molecule has 5 nitrogen and oxygen atoms in total. The number of amides is 2. The van der Waals surface area contributed by atoms with E-state index in [0.717, 1.165) is 63.0 Å². The summed E-state index contributed by atoms with van der Waals surface area (Å²) in [5.74, 6) is 0.549. The molecule has 0 bridgehead atoms. The van der Waals surface area contributed by atoms with Crippen LogP contribution in [0, 0.1) is 11.8 Å². The van der Waals surface area contributed by atoms with Gasteiger partial charge in [0.2, 0.25) is 5.91 Å². The Kier molecular flexibility index (Phi) is 6.17. The zero-order chi connectivity index (χ0) is 18.5. The fourth-order valence-electron chi connectivity index (χ4n) is 3.85. The Hall–Kier alpha value is -2.04. The number of nitrogens with one attached hydrogen (secondary N) is 2. The van der Waals surface area contributed by atoms with Crippen LogP contribution in [0.2, 0.25) is 0 Å². The van der Waals surface area contributed by atoms with E-state index >= 15 is 0 Å². The van der Waals surface area contributed by atoms with Crippen molar-refractivity contribution < 1.29 is 9.59 Å². The molecule has 1 aromatic rings. The van der Waals surface area contributed by atoms with Crippen molar-refractivity contribution in [3.8, 4) is 0 Å². The molecule has 5 heteroatoms. The average Bonchev–Trinajstić information content (AvgIpc) is 3.33. The van der Waals surface area contributed by atoms with Crippen LogP contribution in [0.5, 0.6) is 0 Å². The standard InChI is InChI=1S/C21H31N3O2/c1-15(2)14-22-21(26)18-13-17(23-20(25)16-7-3-4-8-16)9-10-19(18)24-11-5-6-12-24/h9-10,13,15-16H,3-8,11-12,14H2,1-2H3,(H,22,26)(H,23,25). The summed E-state index contributed by atoms with van der Waals surface area (Å²) >= 11 is 0. The minimum Gasteiger partial charge on any atom is -0.371 e. The van der Waals surface area contributed by atoms with Gasteiger partial charge in [-0.15, -0.1) is 0 Å². The highest BCUT2D eigenvalue weighted by Crippen LogP contribution is 2.29. The molecule has 1 aliphatic heterocycles. The molecular weight excluding hydrogens is 326 g/mol. The summed E-state index contributed by atoms with van der Waals surface area (Å²) in [6.45, 7) is 6.78. The third-order valence-electron chi connectivity index (χ3n) is 5.35. The topological polar surface area (TPSA) is 61.4 Å². The smallest absolute Gasteiger partial charge is 0.253 e. The van der Waals surface area contributed by atoms with Crippen molar-refractivity contribution in [1.29, 1.82) is 0 Å². The molecule has 1 heterocycles. The van der Waals surface area contributed by atoms with Gasteiger partial charge in [-0.1, -0.05) is 26.7 Å². The van der Waals surface area contributed by atoms with E-state index < -0.39 is 0 Å². The summed E-state index contributed by atoms with van der Waals surface area (Å²) in [5.41, 5.74) is 2.36. The van der Waals surface area contributed by atoms with Crippen LogP contribution in [0.15, 0.2) is 18.2 Å². The van der Waals surface area contributed by atoms with Crippen LogP contribution in [0.1, 0.15) is 62.7 Å². The molecule has 1 aliphatic carbocycles. The van der Waals surface area contributed by atoms with Gasteiger partial charge in [-0.3, -0.25) is 9.59 Å². The number of anilines is 2. The Labute approximate surface area is 156 Å². The van der Waals surface area contributed by atoms with Crippen molar-refractivity contribution in [3.63, 3.8) is 0 Å². The summed E-state index contributed by atoms with van der Waals surface area (Å²) in [4.78, 5) is 27.5. The number of hydrogen-bond acceptors (Lipinski definition) is 3. The Balaban J connectivity index is 1.79. The predicted molar refractivity (Wildman–Crippen MR) is 106 cm³/mol. The van der Waals surface area contributed by atoms with Gasteiger partial charge in [-0.25, -0.2) is 0 Å². The lowest BCUT2D eigenvalue weighted by Crippen LogP contribution is -2.30. The fourth-order valence-corrected chi connectivity index (χ4v) is 3.85. The second-order valence-corrected chi connectivity index (χ2v) is 8.00. The maximum atomic E-state index is 12.8. The summed E-state index contributed by atoms with van der Waals surface area (Å²) in [6, 6.07) is 5.76. The molecule has 3 rings (SSSR count). The lowest BCUT2D eigenvalue weighted by atomic mass is 10.1. The van der Waals surface area contributed by atoms with Gasteiger partial charge in [-0.05, 0) is 49.8 Å². The maximum absolute atomic E-state index is 12.8. The summed E-state index contributed by atoms with van der Waals surface area (Å²) < 4.78 is 0. The second-order valence-electron chi connectivity index (χ2n) is 8.00. The van der Waals surface area contributed by atoms with E-state index in [9.17, 15) is 9.59 Å². The van der Waals surface area contributed by atoms with Gasteiger partial charge < -0.3 is 15.5 Å². The highest BCUT2D eigenvalue weighted by Gasteiger charge is 2.24. The van der Waals surface area contributed by atoms with E-state index in [4.69, 9.17) is 0 Å². The van der Waals surface area contributed by atoms with E-state index in [1.165, 1.54) is 0 Å². The van der Waals surface area contributed by atoms with E-state index in [1.807, 2.05) is 18.2 Å². The second kappa shape index (κ2) is 8.56. The lowest BCUT2D eigenvalue weighted by Gasteiger charge is -2.22.